The molecule has 0 aliphatic heterocycles. The molecule has 0 radical (unpaired) electrons. The van der Waals surface area contributed by atoms with Crippen LogP contribution in [0.1, 0.15) is 18.2 Å². The number of benzene rings is 1. The summed E-state index contributed by atoms with van der Waals surface area (Å²) >= 11 is 1.33. The molecule has 3 rings (SSSR count). The first kappa shape index (κ1) is 18.8. The van der Waals surface area contributed by atoms with Crippen molar-refractivity contribution in [2.45, 2.75) is 25.5 Å². The summed E-state index contributed by atoms with van der Waals surface area (Å²) in [5.41, 5.74) is 5.37. The van der Waals surface area contributed by atoms with Crippen LogP contribution >= 0.6 is 11.8 Å². The molecule has 0 aliphatic rings. The van der Waals surface area contributed by atoms with Gasteiger partial charge >= 0.3 is 0 Å². The van der Waals surface area contributed by atoms with E-state index in [4.69, 9.17) is 0 Å². The van der Waals surface area contributed by atoms with E-state index in [0.717, 1.165) is 17.9 Å². The number of carbonyl (C=O) groups excluding carboxylic acids is 1. The molecule has 138 valence electrons. The molecule has 0 fully saturated rings. The van der Waals surface area contributed by atoms with Crippen LogP contribution < -0.4 is 5.43 Å². The lowest BCUT2D eigenvalue weighted by molar-refractivity contribution is -0.118. The van der Waals surface area contributed by atoms with Gasteiger partial charge < -0.3 is 4.57 Å². The zero-order chi connectivity index (χ0) is 19.1. The Morgan fingerprint density at radius 2 is 2.04 bits per heavy atom. The quantitative estimate of drug-likeness (QED) is 0.387. The van der Waals surface area contributed by atoms with E-state index >= 15 is 0 Å². The number of aromatic nitrogens is 4. The number of nitrogens with zero attached hydrogens (tertiary/aromatic N) is 5. The fraction of sp³-hybridized carbons (Fsp3) is 0.211. The highest BCUT2D eigenvalue weighted by molar-refractivity contribution is 7.99. The van der Waals surface area contributed by atoms with Gasteiger partial charge in [0, 0.05) is 18.3 Å². The summed E-state index contributed by atoms with van der Waals surface area (Å²) in [6, 6.07) is 13.6. The topological polar surface area (TPSA) is 85.1 Å². The minimum atomic E-state index is -0.213. The average molecular weight is 380 g/mol. The average Bonchev–Trinajstić information content (AvgIpc) is 3.10. The van der Waals surface area contributed by atoms with Crippen LogP contribution in [0.2, 0.25) is 0 Å². The van der Waals surface area contributed by atoms with Crippen molar-refractivity contribution in [3.63, 3.8) is 0 Å². The standard InChI is InChI=1S/C19H20N6OS/c1-3-25-18(15-9-7-14(2)8-10-15)23-24-19(25)27-13-17(26)22-21-12-16-6-4-5-11-20-16/h4-12H,3,13H2,1-2H3,(H,22,26)/b21-12+. The molecule has 1 aromatic carbocycles. The van der Waals surface area contributed by atoms with Crippen LogP contribution in [0.15, 0.2) is 58.9 Å². The van der Waals surface area contributed by atoms with Gasteiger partial charge in [0.25, 0.3) is 5.91 Å². The van der Waals surface area contributed by atoms with Gasteiger partial charge in [0.15, 0.2) is 11.0 Å². The predicted octanol–water partition coefficient (Wildman–Crippen LogP) is 2.91. The number of pyridine rings is 1. The second-order valence-corrected chi connectivity index (χ2v) is 6.70. The summed E-state index contributed by atoms with van der Waals surface area (Å²) in [7, 11) is 0. The van der Waals surface area contributed by atoms with Gasteiger partial charge in [-0.05, 0) is 26.0 Å². The van der Waals surface area contributed by atoms with Crippen molar-refractivity contribution in [3.05, 3.63) is 59.9 Å². The fourth-order valence-electron chi connectivity index (χ4n) is 2.38. The fourth-order valence-corrected chi connectivity index (χ4v) is 3.18. The molecule has 0 atom stereocenters. The normalized spacial score (nSPS) is 11.0. The van der Waals surface area contributed by atoms with Gasteiger partial charge in [0.05, 0.1) is 17.7 Å². The predicted molar refractivity (Wildman–Crippen MR) is 107 cm³/mol. The Morgan fingerprint density at radius 3 is 2.74 bits per heavy atom. The van der Waals surface area contributed by atoms with Crippen LogP contribution in [-0.4, -0.2) is 37.6 Å². The van der Waals surface area contributed by atoms with E-state index < -0.39 is 0 Å². The van der Waals surface area contributed by atoms with Crippen molar-refractivity contribution in [1.29, 1.82) is 0 Å². The first-order valence-corrected chi connectivity index (χ1v) is 9.52. The number of hydrazone groups is 1. The zero-order valence-corrected chi connectivity index (χ0v) is 16.0. The van der Waals surface area contributed by atoms with Crippen LogP contribution in [-0.2, 0) is 11.3 Å². The maximum absolute atomic E-state index is 12.0. The molecule has 8 heteroatoms. The van der Waals surface area contributed by atoms with Crippen molar-refractivity contribution in [2.75, 3.05) is 5.75 Å². The monoisotopic (exact) mass is 380 g/mol. The van der Waals surface area contributed by atoms with Crippen LogP contribution in [0.3, 0.4) is 0 Å². The second kappa shape index (κ2) is 9.09. The largest absolute Gasteiger partial charge is 0.302 e. The first-order valence-electron chi connectivity index (χ1n) is 8.53. The van der Waals surface area contributed by atoms with Gasteiger partial charge in [-0.3, -0.25) is 9.78 Å². The molecule has 0 saturated heterocycles. The molecule has 7 nitrogen and oxygen atoms in total. The maximum atomic E-state index is 12.0. The van der Waals surface area contributed by atoms with Gasteiger partial charge in [-0.25, -0.2) is 5.43 Å². The molecular formula is C19H20N6OS. The van der Waals surface area contributed by atoms with E-state index in [1.165, 1.54) is 23.5 Å². The van der Waals surface area contributed by atoms with Gasteiger partial charge in [-0.2, -0.15) is 5.10 Å². The van der Waals surface area contributed by atoms with E-state index in [1.807, 2.05) is 54.8 Å². The van der Waals surface area contributed by atoms with Gasteiger partial charge in [0.1, 0.15) is 0 Å². The summed E-state index contributed by atoms with van der Waals surface area (Å²) in [6.07, 6.45) is 3.18. The molecule has 0 spiro atoms. The molecule has 0 saturated carbocycles. The Kier molecular flexibility index (Phi) is 6.32. The van der Waals surface area contributed by atoms with E-state index in [-0.39, 0.29) is 11.7 Å². The Bertz CT molecular complexity index is 921. The molecule has 27 heavy (non-hydrogen) atoms. The second-order valence-electron chi connectivity index (χ2n) is 5.75. The van der Waals surface area contributed by atoms with Crippen LogP contribution in [0.25, 0.3) is 11.4 Å². The van der Waals surface area contributed by atoms with E-state index in [9.17, 15) is 4.79 Å². The molecule has 1 N–H and O–H groups in total. The summed E-state index contributed by atoms with van der Waals surface area (Å²) in [5, 5.41) is 13.1. The number of amides is 1. The Labute approximate surface area is 161 Å². The third-order valence-electron chi connectivity index (χ3n) is 3.75. The number of aryl methyl sites for hydroxylation is 1. The van der Waals surface area contributed by atoms with Gasteiger partial charge in [-0.1, -0.05) is 47.7 Å². The third-order valence-corrected chi connectivity index (χ3v) is 4.72. The summed E-state index contributed by atoms with van der Waals surface area (Å²) in [6.45, 7) is 4.80. The number of rotatable bonds is 7. The van der Waals surface area contributed by atoms with E-state index in [1.54, 1.807) is 12.3 Å². The highest BCUT2D eigenvalue weighted by Crippen LogP contribution is 2.24. The molecule has 1 amide bonds. The molecule has 3 aromatic rings. The molecule has 0 unspecified atom stereocenters. The Balaban J connectivity index is 1.60. The summed E-state index contributed by atoms with van der Waals surface area (Å²) in [5.74, 6) is 0.786. The highest BCUT2D eigenvalue weighted by Gasteiger charge is 2.14. The third kappa shape index (κ3) is 5.01. The number of nitrogens with one attached hydrogen (secondary N) is 1. The number of hydrogen-bond acceptors (Lipinski definition) is 6. The molecule has 0 aliphatic carbocycles. The van der Waals surface area contributed by atoms with Crippen molar-refractivity contribution >= 4 is 23.9 Å². The SMILES string of the molecule is CCn1c(SCC(=O)N/N=C/c2ccccn2)nnc1-c1ccc(C)cc1. The van der Waals surface area contributed by atoms with E-state index in [0.29, 0.717) is 10.9 Å². The van der Waals surface area contributed by atoms with Crippen molar-refractivity contribution in [1.82, 2.24) is 25.2 Å². The Hall–Kier alpha value is -3.00. The van der Waals surface area contributed by atoms with Crippen LogP contribution in [0.5, 0.6) is 0 Å². The summed E-state index contributed by atoms with van der Waals surface area (Å²) in [4.78, 5) is 16.1. The number of hydrogen-bond donors (Lipinski definition) is 1. The maximum Gasteiger partial charge on any atom is 0.250 e. The number of thioether (sulfide) groups is 1. The van der Waals surface area contributed by atoms with Crippen LogP contribution in [0.4, 0.5) is 0 Å². The first-order chi connectivity index (χ1) is 13.2. The van der Waals surface area contributed by atoms with Crippen molar-refractivity contribution < 1.29 is 4.79 Å². The lowest BCUT2D eigenvalue weighted by Gasteiger charge is -2.07. The van der Waals surface area contributed by atoms with Crippen molar-refractivity contribution in [3.8, 4) is 11.4 Å². The lowest BCUT2D eigenvalue weighted by Crippen LogP contribution is -2.20. The molecule has 2 aromatic heterocycles. The van der Waals surface area contributed by atoms with E-state index in [2.05, 4.69) is 25.7 Å². The smallest absolute Gasteiger partial charge is 0.250 e. The molecule has 2 heterocycles. The highest BCUT2D eigenvalue weighted by atomic mass is 32.2. The molecule has 0 bridgehead atoms. The summed E-state index contributed by atoms with van der Waals surface area (Å²) < 4.78 is 2.00. The number of carbonyl (C=O) groups is 1. The van der Waals surface area contributed by atoms with Crippen molar-refractivity contribution in [2.24, 2.45) is 5.10 Å². The van der Waals surface area contributed by atoms with Gasteiger partial charge in [-0.15, -0.1) is 10.2 Å². The van der Waals surface area contributed by atoms with Crippen LogP contribution in [0, 0.1) is 6.92 Å². The Morgan fingerprint density at radius 1 is 1.22 bits per heavy atom. The lowest BCUT2D eigenvalue weighted by atomic mass is 10.1. The van der Waals surface area contributed by atoms with Gasteiger partial charge in [0.2, 0.25) is 0 Å². The minimum absolute atomic E-state index is 0.200. The zero-order valence-electron chi connectivity index (χ0n) is 15.2. The molecular weight excluding hydrogens is 360 g/mol. The minimum Gasteiger partial charge on any atom is -0.302 e.